The number of nitrogens with two attached hydrogens (primary N) is 1. The smallest absolute Gasteiger partial charge is 0.326 e. The lowest BCUT2D eigenvalue weighted by molar-refractivity contribution is -0.142. The fourth-order valence-corrected chi connectivity index (χ4v) is 2.78. The van der Waals surface area contributed by atoms with Gasteiger partial charge in [0.05, 0.1) is 0 Å². The number of urea groups is 1. The van der Waals surface area contributed by atoms with E-state index in [0.717, 1.165) is 10.9 Å². The zero-order valence-electron chi connectivity index (χ0n) is 14.1. The molecule has 0 saturated carbocycles. The molecule has 140 valence electrons. The van der Waals surface area contributed by atoms with Crippen LogP contribution >= 0.6 is 11.6 Å². The highest BCUT2D eigenvalue weighted by molar-refractivity contribution is 6.31. The number of aryl methyl sites for hydroxylation is 1. The van der Waals surface area contributed by atoms with Crippen molar-refractivity contribution in [2.24, 2.45) is 5.73 Å². The van der Waals surface area contributed by atoms with E-state index in [1.807, 2.05) is 29.0 Å². The van der Waals surface area contributed by atoms with Crippen molar-refractivity contribution in [2.75, 3.05) is 6.54 Å². The average Bonchev–Trinajstić information content (AvgIpc) is 2.97. The van der Waals surface area contributed by atoms with Crippen molar-refractivity contribution >= 4 is 40.4 Å². The molecule has 0 aliphatic carbocycles. The Morgan fingerprint density at radius 1 is 1.27 bits per heavy atom. The molecule has 5 N–H and O–H groups in total. The summed E-state index contributed by atoms with van der Waals surface area (Å²) in [5.74, 6) is -1.47. The van der Waals surface area contributed by atoms with Gasteiger partial charge in [0.1, 0.15) is 6.04 Å². The fourth-order valence-electron chi connectivity index (χ4n) is 2.62. The van der Waals surface area contributed by atoms with E-state index in [2.05, 4.69) is 10.6 Å². The number of aliphatic carboxylic acids is 1. The topological polar surface area (TPSA) is 126 Å². The second kappa shape index (κ2) is 9.10. The Morgan fingerprint density at radius 3 is 2.73 bits per heavy atom. The Labute approximate surface area is 155 Å². The Morgan fingerprint density at radius 2 is 2.04 bits per heavy atom. The van der Waals surface area contributed by atoms with Crippen LogP contribution in [0.5, 0.6) is 0 Å². The minimum atomic E-state index is -1.12. The van der Waals surface area contributed by atoms with Crippen LogP contribution in [-0.4, -0.2) is 40.2 Å². The molecular weight excluding hydrogens is 360 g/mol. The molecule has 0 fully saturated rings. The molecule has 2 rings (SSSR count). The van der Waals surface area contributed by atoms with Gasteiger partial charge in [-0.3, -0.25) is 4.79 Å². The first kappa shape index (κ1) is 19.6. The Kier molecular flexibility index (Phi) is 6.85. The van der Waals surface area contributed by atoms with Crippen LogP contribution in [-0.2, 0) is 16.1 Å². The van der Waals surface area contributed by atoms with Crippen LogP contribution in [0, 0.1) is 0 Å². The average molecular weight is 381 g/mol. The van der Waals surface area contributed by atoms with Crippen molar-refractivity contribution in [2.45, 2.75) is 31.8 Å². The number of rotatable bonds is 9. The Hall–Kier alpha value is -2.74. The van der Waals surface area contributed by atoms with E-state index in [1.54, 1.807) is 6.07 Å². The summed E-state index contributed by atoms with van der Waals surface area (Å²) in [4.78, 5) is 33.9. The van der Waals surface area contributed by atoms with E-state index in [-0.39, 0.29) is 25.3 Å². The van der Waals surface area contributed by atoms with Crippen LogP contribution in [0.15, 0.2) is 30.5 Å². The van der Waals surface area contributed by atoms with Gasteiger partial charge in [-0.1, -0.05) is 17.7 Å². The van der Waals surface area contributed by atoms with Gasteiger partial charge >= 0.3 is 12.0 Å². The number of carboxylic acid groups (broad SMARTS) is 1. The van der Waals surface area contributed by atoms with Crippen molar-refractivity contribution in [1.29, 1.82) is 0 Å². The maximum atomic E-state index is 12.1. The fraction of sp³-hybridized carbons (Fsp3) is 0.353. The summed E-state index contributed by atoms with van der Waals surface area (Å²) in [6.07, 6.45) is 2.59. The second-order valence-electron chi connectivity index (χ2n) is 5.85. The van der Waals surface area contributed by atoms with E-state index in [9.17, 15) is 19.5 Å². The number of fused-ring (bicyclic) bond motifs is 1. The molecular formula is C17H21ClN4O4. The third-order valence-corrected chi connectivity index (χ3v) is 4.15. The van der Waals surface area contributed by atoms with Crippen molar-refractivity contribution < 1.29 is 19.5 Å². The summed E-state index contributed by atoms with van der Waals surface area (Å²) < 4.78 is 1.90. The normalized spacial score (nSPS) is 11.9. The number of aromatic nitrogens is 1. The number of amides is 3. The molecule has 26 heavy (non-hydrogen) atoms. The lowest BCUT2D eigenvalue weighted by Crippen LogP contribution is -2.41. The van der Waals surface area contributed by atoms with Crippen LogP contribution in [0.1, 0.15) is 19.3 Å². The van der Waals surface area contributed by atoms with Crippen LogP contribution in [0.25, 0.3) is 10.9 Å². The number of benzene rings is 1. The zero-order valence-corrected chi connectivity index (χ0v) is 14.8. The number of carbonyl (C=O) groups is 3. The van der Waals surface area contributed by atoms with Gasteiger partial charge in [-0.15, -0.1) is 0 Å². The molecule has 1 atom stereocenters. The molecule has 0 aliphatic rings. The highest BCUT2D eigenvalue weighted by atomic mass is 35.5. The van der Waals surface area contributed by atoms with Gasteiger partial charge < -0.3 is 26.0 Å². The molecule has 1 heterocycles. The SMILES string of the molecule is NC(=O)NCCC[C@@H](NC(=O)CCn1ccc2ccc(Cl)cc21)C(=O)O. The molecule has 0 bridgehead atoms. The van der Waals surface area contributed by atoms with Gasteiger partial charge in [0.25, 0.3) is 0 Å². The highest BCUT2D eigenvalue weighted by Crippen LogP contribution is 2.20. The molecule has 1 aromatic carbocycles. The molecule has 2 aromatic rings. The van der Waals surface area contributed by atoms with Gasteiger partial charge in [-0.2, -0.15) is 0 Å². The Bertz CT molecular complexity index is 805. The quantitative estimate of drug-likeness (QED) is 0.494. The predicted molar refractivity (Wildman–Crippen MR) is 98.0 cm³/mol. The standard InChI is InChI=1S/C17H21ClN4O4/c18-12-4-3-11-5-8-22(14(11)10-12)9-6-15(23)21-13(16(24)25)2-1-7-20-17(19)26/h3-5,8,10,13H,1-2,6-7,9H2,(H,21,23)(H,24,25)(H3,19,20,26)/t13-/m1/s1. The Balaban J connectivity index is 1.86. The number of nitrogens with zero attached hydrogens (tertiary/aromatic N) is 1. The maximum absolute atomic E-state index is 12.1. The van der Waals surface area contributed by atoms with Gasteiger partial charge in [0, 0.05) is 36.2 Å². The molecule has 8 nitrogen and oxygen atoms in total. The summed E-state index contributed by atoms with van der Waals surface area (Å²) in [5.41, 5.74) is 5.85. The molecule has 1 aromatic heterocycles. The first-order chi connectivity index (χ1) is 12.4. The van der Waals surface area contributed by atoms with E-state index < -0.39 is 18.0 Å². The number of carboxylic acids is 1. The third kappa shape index (κ3) is 5.66. The third-order valence-electron chi connectivity index (χ3n) is 3.92. The number of primary amides is 1. The minimum Gasteiger partial charge on any atom is -0.480 e. The van der Waals surface area contributed by atoms with Crippen LogP contribution in [0.4, 0.5) is 4.79 Å². The van der Waals surface area contributed by atoms with E-state index >= 15 is 0 Å². The van der Waals surface area contributed by atoms with E-state index in [4.69, 9.17) is 17.3 Å². The lowest BCUT2D eigenvalue weighted by Gasteiger charge is -2.15. The second-order valence-corrected chi connectivity index (χ2v) is 6.29. The number of halogens is 1. The highest BCUT2D eigenvalue weighted by Gasteiger charge is 2.19. The predicted octanol–water partition coefficient (Wildman–Crippen LogP) is 1.70. The van der Waals surface area contributed by atoms with Crippen LogP contribution in [0.2, 0.25) is 5.02 Å². The molecule has 0 saturated heterocycles. The summed E-state index contributed by atoms with van der Waals surface area (Å²) in [5, 5.41) is 15.7. The van der Waals surface area contributed by atoms with E-state index in [0.29, 0.717) is 18.0 Å². The van der Waals surface area contributed by atoms with Crippen molar-refractivity contribution in [3.63, 3.8) is 0 Å². The summed E-state index contributed by atoms with van der Waals surface area (Å²) in [7, 11) is 0. The van der Waals surface area contributed by atoms with E-state index in [1.165, 1.54) is 0 Å². The van der Waals surface area contributed by atoms with Crippen molar-refractivity contribution in [3.05, 3.63) is 35.5 Å². The number of carbonyl (C=O) groups excluding carboxylic acids is 2. The monoisotopic (exact) mass is 380 g/mol. The lowest BCUT2D eigenvalue weighted by atomic mass is 10.1. The molecule has 0 aliphatic heterocycles. The zero-order chi connectivity index (χ0) is 19.1. The van der Waals surface area contributed by atoms with Gasteiger partial charge in [0.2, 0.25) is 5.91 Å². The number of hydrogen-bond acceptors (Lipinski definition) is 3. The molecule has 0 unspecified atom stereocenters. The first-order valence-corrected chi connectivity index (χ1v) is 8.54. The summed E-state index contributed by atoms with van der Waals surface area (Å²) >= 11 is 6.00. The molecule has 3 amide bonds. The number of hydrogen-bond donors (Lipinski definition) is 4. The first-order valence-electron chi connectivity index (χ1n) is 8.16. The molecule has 0 radical (unpaired) electrons. The van der Waals surface area contributed by atoms with Crippen LogP contribution < -0.4 is 16.4 Å². The molecule has 9 heteroatoms. The largest absolute Gasteiger partial charge is 0.480 e. The summed E-state index contributed by atoms with van der Waals surface area (Å²) in [6, 6.07) is 5.77. The van der Waals surface area contributed by atoms with Crippen molar-refractivity contribution in [3.8, 4) is 0 Å². The van der Waals surface area contributed by atoms with Crippen molar-refractivity contribution in [1.82, 2.24) is 15.2 Å². The molecule has 0 spiro atoms. The van der Waals surface area contributed by atoms with Gasteiger partial charge in [-0.25, -0.2) is 9.59 Å². The summed E-state index contributed by atoms with van der Waals surface area (Å²) in [6.45, 7) is 0.663. The van der Waals surface area contributed by atoms with Crippen LogP contribution in [0.3, 0.4) is 0 Å². The van der Waals surface area contributed by atoms with Gasteiger partial charge in [0.15, 0.2) is 0 Å². The van der Waals surface area contributed by atoms with Gasteiger partial charge in [-0.05, 0) is 36.4 Å². The minimum absolute atomic E-state index is 0.139. The maximum Gasteiger partial charge on any atom is 0.326 e. The number of nitrogens with one attached hydrogen (secondary N) is 2.